The van der Waals surface area contributed by atoms with Gasteiger partial charge in [-0.25, -0.2) is 9.78 Å². The normalized spacial score (nSPS) is 19.1. The molecule has 0 unspecified atom stereocenters. The van der Waals surface area contributed by atoms with Gasteiger partial charge in [0.1, 0.15) is 5.75 Å². The average molecular weight is 462 g/mol. The number of hydrogen-bond donors (Lipinski definition) is 3. The molecule has 0 radical (unpaired) electrons. The molecule has 3 aromatic rings. The number of hydrogen-bond acceptors (Lipinski definition) is 7. The van der Waals surface area contributed by atoms with E-state index in [0.717, 1.165) is 20.9 Å². The van der Waals surface area contributed by atoms with E-state index in [1.54, 1.807) is 19.2 Å². The van der Waals surface area contributed by atoms with Crippen molar-refractivity contribution in [2.24, 2.45) is 0 Å². The van der Waals surface area contributed by atoms with Crippen LogP contribution in [-0.4, -0.2) is 54.0 Å². The number of carbonyl (C=O) groups excluding carboxylic acids is 3. The quantitative estimate of drug-likeness (QED) is 0.404. The second-order valence-corrected chi connectivity index (χ2v) is 8.67. The zero-order chi connectivity index (χ0) is 23.2. The number of nitrogens with zero attached hydrogens (tertiary/aromatic N) is 2. The molecule has 1 saturated heterocycles. The van der Waals surface area contributed by atoms with Crippen LogP contribution in [0.3, 0.4) is 0 Å². The summed E-state index contributed by atoms with van der Waals surface area (Å²) in [6, 6.07) is 10.2. The SMILES string of the molecule is CNc1nc2cccc(C#C[C@]3(CN4Cc5ccc(OC)cc5C4=O)NC(=O)NC3=O)c2s1. The van der Waals surface area contributed by atoms with Crippen LogP contribution in [0.2, 0.25) is 0 Å². The molecule has 0 spiro atoms. The molecule has 2 aliphatic heterocycles. The molecule has 33 heavy (non-hydrogen) atoms. The summed E-state index contributed by atoms with van der Waals surface area (Å²) in [6.07, 6.45) is 0. The molecule has 166 valence electrons. The lowest BCUT2D eigenvalue weighted by Crippen LogP contribution is -2.54. The molecule has 4 amide bonds. The van der Waals surface area contributed by atoms with Gasteiger partial charge < -0.3 is 20.3 Å². The molecule has 0 aliphatic carbocycles. The van der Waals surface area contributed by atoms with Gasteiger partial charge in [-0.15, -0.1) is 0 Å². The van der Waals surface area contributed by atoms with Gasteiger partial charge in [0.25, 0.3) is 11.8 Å². The van der Waals surface area contributed by atoms with E-state index >= 15 is 0 Å². The number of imide groups is 1. The number of amides is 4. The fourth-order valence-corrected chi connectivity index (χ4v) is 4.83. The first-order chi connectivity index (χ1) is 15.9. The van der Waals surface area contributed by atoms with E-state index in [4.69, 9.17) is 4.74 Å². The Balaban J connectivity index is 1.50. The Hall–Kier alpha value is -4.10. The summed E-state index contributed by atoms with van der Waals surface area (Å²) in [4.78, 5) is 43.9. The van der Waals surface area contributed by atoms with Crippen LogP contribution in [0.25, 0.3) is 10.2 Å². The molecule has 9 nitrogen and oxygen atoms in total. The number of nitrogens with one attached hydrogen (secondary N) is 3. The van der Waals surface area contributed by atoms with Gasteiger partial charge >= 0.3 is 6.03 Å². The summed E-state index contributed by atoms with van der Waals surface area (Å²) in [7, 11) is 3.32. The summed E-state index contributed by atoms with van der Waals surface area (Å²) < 4.78 is 6.08. The maximum absolute atomic E-state index is 13.0. The summed E-state index contributed by atoms with van der Waals surface area (Å²) in [5.74, 6) is 5.74. The van der Waals surface area contributed by atoms with Gasteiger partial charge in [-0.2, -0.15) is 0 Å². The van der Waals surface area contributed by atoms with Gasteiger partial charge in [-0.05, 0) is 29.8 Å². The minimum Gasteiger partial charge on any atom is -0.497 e. The molecule has 3 N–H and O–H groups in total. The molecule has 0 bridgehead atoms. The first-order valence-electron chi connectivity index (χ1n) is 10.1. The van der Waals surface area contributed by atoms with Crippen molar-refractivity contribution in [1.82, 2.24) is 20.5 Å². The number of rotatable bonds is 4. The van der Waals surface area contributed by atoms with Crippen LogP contribution in [-0.2, 0) is 11.3 Å². The van der Waals surface area contributed by atoms with Crippen molar-refractivity contribution in [2.75, 3.05) is 26.0 Å². The van der Waals surface area contributed by atoms with Crippen molar-refractivity contribution in [3.8, 4) is 17.6 Å². The van der Waals surface area contributed by atoms with E-state index in [-0.39, 0.29) is 12.5 Å². The third kappa shape index (κ3) is 3.52. The Morgan fingerprint density at radius 3 is 2.85 bits per heavy atom. The highest BCUT2D eigenvalue weighted by molar-refractivity contribution is 7.22. The van der Waals surface area contributed by atoms with Crippen LogP contribution in [0.15, 0.2) is 36.4 Å². The average Bonchev–Trinajstić information content (AvgIpc) is 3.46. The largest absolute Gasteiger partial charge is 0.497 e. The number of fused-ring (bicyclic) bond motifs is 2. The number of benzene rings is 2. The lowest BCUT2D eigenvalue weighted by molar-refractivity contribution is -0.122. The van der Waals surface area contributed by atoms with Crippen LogP contribution in [0.1, 0.15) is 21.5 Å². The Kier molecular flexibility index (Phi) is 4.91. The van der Waals surface area contributed by atoms with E-state index in [1.807, 2.05) is 24.3 Å². The first-order valence-corrected chi connectivity index (χ1v) is 10.9. The molecule has 1 atom stereocenters. The number of methoxy groups -OCH3 is 1. The number of urea groups is 1. The monoisotopic (exact) mass is 461 g/mol. The van der Waals surface area contributed by atoms with E-state index in [1.165, 1.54) is 23.3 Å². The molecule has 2 aromatic carbocycles. The predicted molar refractivity (Wildman–Crippen MR) is 123 cm³/mol. The molecule has 1 aromatic heterocycles. The zero-order valence-corrected chi connectivity index (χ0v) is 18.6. The van der Waals surface area contributed by atoms with Crippen LogP contribution >= 0.6 is 11.3 Å². The van der Waals surface area contributed by atoms with Gasteiger partial charge in [0.15, 0.2) is 5.13 Å². The van der Waals surface area contributed by atoms with Crippen LogP contribution in [0.5, 0.6) is 5.75 Å². The minimum absolute atomic E-state index is 0.0894. The van der Waals surface area contributed by atoms with Gasteiger partial charge in [0.2, 0.25) is 5.54 Å². The van der Waals surface area contributed by atoms with E-state index in [2.05, 4.69) is 32.8 Å². The molecule has 5 rings (SSSR count). The Morgan fingerprint density at radius 2 is 2.12 bits per heavy atom. The first kappa shape index (κ1) is 20.8. The fourth-order valence-electron chi connectivity index (χ4n) is 3.94. The highest BCUT2D eigenvalue weighted by Gasteiger charge is 2.48. The Bertz CT molecular complexity index is 1390. The molecule has 3 heterocycles. The lowest BCUT2D eigenvalue weighted by Gasteiger charge is -2.26. The molecule has 0 saturated carbocycles. The maximum Gasteiger partial charge on any atom is 0.323 e. The summed E-state index contributed by atoms with van der Waals surface area (Å²) in [6.45, 7) is 0.217. The van der Waals surface area contributed by atoms with Crippen molar-refractivity contribution in [3.05, 3.63) is 53.1 Å². The molecule has 10 heteroatoms. The highest BCUT2D eigenvalue weighted by atomic mass is 32.1. The Labute approximate surface area is 193 Å². The molecule has 2 aliphatic rings. The third-order valence-corrected chi connectivity index (χ3v) is 6.73. The summed E-state index contributed by atoms with van der Waals surface area (Å²) >= 11 is 1.45. The van der Waals surface area contributed by atoms with Gasteiger partial charge in [0, 0.05) is 24.7 Å². The van der Waals surface area contributed by atoms with Crippen LogP contribution < -0.4 is 20.7 Å². The molecular weight excluding hydrogens is 442 g/mol. The van der Waals surface area contributed by atoms with Crippen LogP contribution in [0, 0.1) is 11.8 Å². The van der Waals surface area contributed by atoms with E-state index in [9.17, 15) is 14.4 Å². The number of thiazole rings is 1. The van der Waals surface area contributed by atoms with E-state index < -0.39 is 17.5 Å². The van der Waals surface area contributed by atoms with Crippen molar-refractivity contribution in [3.63, 3.8) is 0 Å². The van der Waals surface area contributed by atoms with Gasteiger partial charge in [-0.3, -0.25) is 14.9 Å². The summed E-state index contributed by atoms with van der Waals surface area (Å²) in [5, 5.41) is 8.65. The minimum atomic E-state index is -1.57. The number of aromatic nitrogens is 1. The van der Waals surface area contributed by atoms with E-state index in [0.29, 0.717) is 23.4 Å². The Morgan fingerprint density at radius 1 is 1.27 bits per heavy atom. The number of carbonyl (C=O) groups is 3. The smallest absolute Gasteiger partial charge is 0.323 e. The lowest BCUT2D eigenvalue weighted by atomic mass is 9.99. The topological polar surface area (TPSA) is 113 Å². The fraction of sp³-hybridized carbons (Fsp3) is 0.217. The summed E-state index contributed by atoms with van der Waals surface area (Å²) in [5.41, 5.74) is 1.22. The van der Waals surface area contributed by atoms with Crippen molar-refractivity contribution < 1.29 is 19.1 Å². The second kappa shape index (κ2) is 7.79. The van der Waals surface area contributed by atoms with Crippen molar-refractivity contribution in [2.45, 2.75) is 12.1 Å². The molecule has 1 fully saturated rings. The third-order valence-electron chi connectivity index (χ3n) is 5.60. The predicted octanol–water partition coefficient (Wildman–Crippen LogP) is 1.93. The molecular formula is C23H19N5O4S. The van der Waals surface area contributed by atoms with Crippen molar-refractivity contribution in [1.29, 1.82) is 0 Å². The van der Waals surface area contributed by atoms with Gasteiger partial charge in [0.05, 0.1) is 23.9 Å². The van der Waals surface area contributed by atoms with Crippen molar-refractivity contribution >= 4 is 44.5 Å². The standard InChI is InChI=1S/C23H19N5O4S/c1-24-22-25-17-5-3-4-13(18(17)33-22)8-9-23(20(30)26-21(31)27-23)12-28-11-14-6-7-15(32-2)10-16(14)19(28)29/h3-7,10H,11-12H2,1-2H3,(H,24,25)(H2,26,27,30,31)/t23-/m1/s1. The number of anilines is 1. The zero-order valence-electron chi connectivity index (χ0n) is 17.8. The second-order valence-electron chi connectivity index (χ2n) is 7.67. The highest BCUT2D eigenvalue weighted by Crippen LogP contribution is 2.30. The number of ether oxygens (including phenoxy) is 1. The van der Waals surface area contributed by atoms with Gasteiger partial charge in [-0.1, -0.05) is 35.3 Å². The van der Waals surface area contributed by atoms with Crippen LogP contribution in [0.4, 0.5) is 9.93 Å². The maximum atomic E-state index is 13.0.